The first-order chi connectivity index (χ1) is 10.0. The third-order valence-corrected chi connectivity index (χ3v) is 3.09. The molecule has 7 nitrogen and oxygen atoms in total. The quantitative estimate of drug-likeness (QED) is 0.848. The lowest BCUT2D eigenvalue weighted by atomic mass is 10.2. The smallest absolute Gasteiger partial charge is 0.374 e. The summed E-state index contributed by atoms with van der Waals surface area (Å²) in [5.74, 6) is -1.02. The Kier molecular flexibility index (Phi) is 4.32. The van der Waals surface area contributed by atoms with E-state index in [2.05, 4.69) is 15.3 Å². The second-order valence-corrected chi connectivity index (χ2v) is 4.54. The molecule has 0 aliphatic rings. The Labute approximate surface area is 121 Å². The van der Waals surface area contributed by atoms with Gasteiger partial charge in [-0.05, 0) is 12.1 Å². The summed E-state index contributed by atoms with van der Waals surface area (Å²) in [5, 5.41) is 12.4. The van der Waals surface area contributed by atoms with Crippen LogP contribution in [0.2, 0.25) is 0 Å². The number of aromatic nitrogens is 2. The Morgan fingerprint density at radius 3 is 2.67 bits per heavy atom. The minimum atomic E-state index is -1.18. The average molecular weight is 288 g/mol. The van der Waals surface area contributed by atoms with E-state index in [1.807, 2.05) is 12.1 Å². The molecule has 21 heavy (non-hydrogen) atoms. The third-order valence-electron chi connectivity index (χ3n) is 3.09. The highest BCUT2D eigenvalue weighted by atomic mass is 16.4. The zero-order chi connectivity index (χ0) is 15.4. The number of anilines is 1. The fourth-order valence-corrected chi connectivity index (χ4v) is 1.95. The summed E-state index contributed by atoms with van der Waals surface area (Å²) in [4.78, 5) is 32.3. The largest absolute Gasteiger partial charge is 0.475 e. The van der Waals surface area contributed by atoms with Crippen molar-refractivity contribution in [1.82, 2.24) is 15.3 Å². The van der Waals surface area contributed by atoms with Crippen molar-refractivity contribution in [2.45, 2.75) is 6.42 Å². The number of hydrogen-bond donors (Lipinski definition) is 2. The van der Waals surface area contributed by atoms with Gasteiger partial charge in [0.1, 0.15) is 5.82 Å². The van der Waals surface area contributed by atoms with E-state index in [0.29, 0.717) is 24.3 Å². The highest BCUT2D eigenvalue weighted by molar-refractivity contribution is 5.93. The normalized spacial score (nSPS) is 10.4. The molecule has 2 N–H and O–H groups in total. The van der Waals surface area contributed by atoms with Crippen LogP contribution >= 0.6 is 0 Å². The zero-order valence-electron chi connectivity index (χ0n) is 11.8. The van der Waals surface area contributed by atoms with Crippen molar-refractivity contribution >= 4 is 28.6 Å². The Balaban J connectivity index is 2.40. The van der Waals surface area contributed by atoms with Crippen LogP contribution in [0.4, 0.5) is 5.82 Å². The molecule has 2 rings (SSSR count). The number of carbonyl (C=O) groups excluding carboxylic acids is 1. The maximum atomic E-state index is 11.3. The summed E-state index contributed by atoms with van der Waals surface area (Å²) in [6, 6.07) is 7.18. The number of fused-ring (bicyclic) bond motifs is 1. The highest BCUT2D eigenvalue weighted by Gasteiger charge is 2.15. The van der Waals surface area contributed by atoms with Crippen LogP contribution in [0.3, 0.4) is 0 Å². The maximum Gasteiger partial charge on any atom is 0.374 e. The molecule has 0 spiro atoms. The Hall–Kier alpha value is -2.70. The number of nitrogens with zero attached hydrogens (tertiary/aromatic N) is 3. The van der Waals surface area contributed by atoms with E-state index in [1.54, 1.807) is 31.1 Å². The summed E-state index contributed by atoms with van der Waals surface area (Å²) in [6.07, 6.45) is 0.299. The lowest BCUT2D eigenvalue weighted by Crippen LogP contribution is -2.27. The number of benzene rings is 1. The van der Waals surface area contributed by atoms with Gasteiger partial charge in [-0.15, -0.1) is 0 Å². The lowest BCUT2D eigenvalue weighted by molar-refractivity contribution is -0.120. The van der Waals surface area contributed by atoms with Gasteiger partial charge in [0, 0.05) is 32.4 Å². The van der Waals surface area contributed by atoms with Gasteiger partial charge in [-0.25, -0.2) is 14.8 Å². The predicted molar refractivity (Wildman–Crippen MR) is 78.5 cm³/mol. The van der Waals surface area contributed by atoms with Crippen molar-refractivity contribution in [3.8, 4) is 0 Å². The van der Waals surface area contributed by atoms with E-state index in [1.165, 1.54) is 0 Å². The van der Waals surface area contributed by atoms with Crippen LogP contribution in [0, 0.1) is 0 Å². The van der Waals surface area contributed by atoms with Gasteiger partial charge >= 0.3 is 5.97 Å². The lowest BCUT2D eigenvalue weighted by Gasteiger charge is -2.19. The average Bonchev–Trinajstić information content (AvgIpc) is 2.50. The van der Waals surface area contributed by atoms with Crippen molar-refractivity contribution in [2.24, 2.45) is 0 Å². The molecule has 0 saturated heterocycles. The van der Waals surface area contributed by atoms with Gasteiger partial charge in [0.25, 0.3) is 0 Å². The van der Waals surface area contributed by atoms with Crippen LogP contribution in [-0.4, -0.2) is 47.6 Å². The maximum absolute atomic E-state index is 11.3. The van der Waals surface area contributed by atoms with E-state index < -0.39 is 5.97 Å². The molecule has 1 aromatic carbocycles. The van der Waals surface area contributed by atoms with Crippen molar-refractivity contribution < 1.29 is 14.7 Å². The Bertz CT molecular complexity index is 687. The van der Waals surface area contributed by atoms with Crippen LogP contribution in [0.25, 0.3) is 10.9 Å². The van der Waals surface area contributed by atoms with E-state index >= 15 is 0 Å². The van der Waals surface area contributed by atoms with E-state index in [0.717, 1.165) is 5.39 Å². The van der Waals surface area contributed by atoms with Crippen molar-refractivity contribution in [3.63, 3.8) is 0 Å². The summed E-state index contributed by atoms with van der Waals surface area (Å²) in [6.45, 7) is 0.430. The number of para-hydroxylation sites is 1. The molecule has 0 radical (unpaired) electrons. The minimum Gasteiger partial charge on any atom is -0.475 e. The van der Waals surface area contributed by atoms with E-state index in [4.69, 9.17) is 5.11 Å². The molecule has 1 aromatic heterocycles. The number of nitrogens with one attached hydrogen (secondary N) is 1. The van der Waals surface area contributed by atoms with E-state index in [9.17, 15) is 9.59 Å². The summed E-state index contributed by atoms with van der Waals surface area (Å²) in [7, 11) is 3.34. The molecule has 0 bridgehead atoms. The Morgan fingerprint density at radius 2 is 2.00 bits per heavy atom. The Morgan fingerprint density at radius 1 is 1.29 bits per heavy atom. The summed E-state index contributed by atoms with van der Waals surface area (Å²) >= 11 is 0. The molecule has 2 aromatic rings. The SMILES string of the molecule is CNC(=O)CCN(C)c1nc(C(=O)O)nc2ccccc12. The van der Waals surface area contributed by atoms with Crippen molar-refractivity contribution in [2.75, 3.05) is 25.5 Å². The standard InChI is InChI=1S/C14H16N4O3/c1-15-11(19)7-8-18(2)13-9-5-3-4-6-10(9)16-12(17-13)14(20)21/h3-6H,7-8H2,1-2H3,(H,15,19)(H,20,21). The minimum absolute atomic E-state index is 0.0846. The third kappa shape index (κ3) is 3.25. The highest BCUT2D eigenvalue weighted by Crippen LogP contribution is 2.23. The number of rotatable bonds is 5. The van der Waals surface area contributed by atoms with Gasteiger partial charge in [-0.1, -0.05) is 12.1 Å². The number of carbonyl (C=O) groups is 2. The molecule has 1 amide bonds. The van der Waals surface area contributed by atoms with Crippen LogP contribution in [0.1, 0.15) is 17.0 Å². The first-order valence-corrected chi connectivity index (χ1v) is 6.44. The number of hydrogen-bond acceptors (Lipinski definition) is 5. The van der Waals surface area contributed by atoms with Gasteiger partial charge in [0.2, 0.25) is 11.7 Å². The van der Waals surface area contributed by atoms with Gasteiger partial charge in [0.15, 0.2) is 0 Å². The zero-order valence-corrected chi connectivity index (χ0v) is 11.8. The second-order valence-electron chi connectivity index (χ2n) is 4.54. The first-order valence-electron chi connectivity index (χ1n) is 6.44. The number of carboxylic acid groups (broad SMARTS) is 1. The topological polar surface area (TPSA) is 95.4 Å². The predicted octanol–water partition coefficient (Wildman–Crippen LogP) is 0.900. The van der Waals surface area contributed by atoms with Gasteiger partial charge in [0.05, 0.1) is 5.52 Å². The van der Waals surface area contributed by atoms with Gasteiger partial charge in [-0.3, -0.25) is 4.79 Å². The molecule has 110 valence electrons. The second kappa shape index (κ2) is 6.17. The molecule has 0 unspecified atom stereocenters. The van der Waals surface area contributed by atoms with E-state index in [-0.39, 0.29) is 11.7 Å². The van der Waals surface area contributed by atoms with Crippen LogP contribution in [0.15, 0.2) is 24.3 Å². The summed E-state index contributed by atoms with van der Waals surface area (Å²) in [5.41, 5.74) is 0.562. The van der Waals surface area contributed by atoms with Gasteiger partial charge < -0.3 is 15.3 Å². The number of carboxylic acids is 1. The fourth-order valence-electron chi connectivity index (χ4n) is 1.95. The molecule has 7 heteroatoms. The van der Waals surface area contributed by atoms with Crippen molar-refractivity contribution in [3.05, 3.63) is 30.1 Å². The summed E-state index contributed by atoms with van der Waals surface area (Å²) < 4.78 is 0. The molecule has 0 fully saturated rings. The molecular formula is C14H16N4O3. The van der Waals surface area contributed by atoms with Crippen LogP contribution in [0.5, 0.6) is 0 Å². The van der Waals surface area contributed by atoms with Crippen LogP contribution < -0.4 is 10.2 Å². The fraction of sp³-hybridized carbons (Fsp3) is 0.286. The molecule has 0 aliphatic heterocycles. The number of amides is 1. The monoisotopic (exact) mass is 288 g/mol. The van der Waals surface area contributed by atoms with Crippen molar-refractivity contribution in [1.29, 1.82) is 0 Å². The first kappa shape index (κ1) is 14.7. The molecule has 0 saturated carbocycles. The molecule has 0 atom stereocenters. The number of aromatic carboxylic acids is 1. The molecule has 1 heterocycles. The van der Waals surface area contributed by atoms with Crippen LogP contribution in [-0.2, 0) is 4.79 Å². The molecular weight excluding hydrogens is 272 g/mol. The molecule has 0 aliphatic carbocycles. The van der Waals surface area contributed by atoms with Gasteiger partial charge in [-0.2, -0.15) is 0 Å².